The topological polar surface area (TPSA) is 38.7 Å². The zero-order valence-corrected chi connectivity index (χ0v) is 11.9. The third kappa shape index (κ3) is 3.11. The largest absolute Gasteiger partial charge is 0.493 e. The summed E-state index contributed by atoms with van der Waals surface area (Å²) in [5.41, 5.74) is 3.16. The van der Waals surface area contributed by atoms with E-state index in [1.54, 1.807) is 14.2 Å². The highest BCUT2D eigenvalue weighted by Gasteiger charge is 2.14. The molecule has 0 saturated heterocycles. The average molecular weight is 272 g/mol. The van der Waals surface area contributed by atoms with Crippen LogP contribution in [0, 0.1) is 0 Å². The fraction of sp³-hybridized carbons (Fsp3) is 0.294. The molecule has 0 spiro atoms. The molecule has 0 aliphatic carbocycles. The fourth-order valence-electron chi connectivity index (χ4n) is 2.37. The molecule has 1 N–H and O–H groups in total. The van der Waals surface area contributed by atoms with Crippen molar-refractivity contribution in [1.29, 1.82) is 0 Å². The third-order valence-corrected chi connectivity index (χ3v) is 3.42. The first-order valence-electron chi connectivity index (χ1n) is 6.67. The van der Waals surface area contributed by atoms with Crippen LogP contribution in [0.15, 0.2) is 42.5 Å². The minimum atomic E-state index is 0.00444. The quantitative estimate of drug-likeness (QED) is 0.878. The number of benzene rings is 2. The van der Waals surface area contributed by atoms with Gasteiger partial charge in [0.1, 0.15) is 0 Å². The van der Waals surface area contributed by atoms with Crippen LogP contribution in [0.1, 0.15) is 16.7 Å². The lowest BCUT2D eigenvalue weighted by atomic mass is 9.98. The van der Waals surface area contributed by atoms with Crippen molar-refractivity contribution >= 4 is 0 Å². The summed E-state index contributed by atoms with van der Waals surface area (Å²) in [6.07, 6.45) is 1.71. The number of ether oxygens (including phenoxy) is 2. The fourth-order valence-corrected chi connectivity index (χ4v) is 2.37. The van der Waals surface area contributed by atoms with Crippen LogP contribution in [0.2, 0.25) is 0 Å². The van der Waals surface area contributed by atoms with Gasteiger partial charge in [-0.25, -0.2) is 0 Å². The molecule has 0 atom stereocenters. The molecule has 0 radical (unpaired) electrons. The summed E-state index contributed by atoms with van der Waals surface area (Å²) in [6, 6.07) is 14.0. The second-order valence-corrected chi connectivity index (χ2v) is 4.58. The number of rotatable bonds is 6. The number of hydrogen-bond donors (Lipinski definition) is 1. The molecule has 0 amide bonds. The van der Waals surface area contributed by atoms with Crippen LogP contribution in [0.25, 0.3) is 0 Å². The van der Waals surface area contributed by atoms with Crippen molar-refractivity contribution in [2.75, 3.05) is 14.2 Å². The van der Waals surface area contributed by atoms with Gasteiger partial charge in [0.2, 0.25) is 0 Å². The number of aryl methyl sites for hydroxylation is 1. The normalized spacial score (nSPS) is 10.3. The van der Waals surface area contributed by atoms with Crippen molar-refractivity contribution in [3.63, 3.8) is 0 Å². The first kappa shape index (κ1) is 14.4. The standard InChI is InChI=1S/C17H20O3/c1-19-16-11-9-14(12-18)15(17(16)20-2)10-8-13-6-4-3-5-7-13/h3-7,9,11,18H,8,10,12H2,1-2H3. The Bertz CT molecular complexity index is 550. The molecule has 0 heterocycles. The van der Waals surface area contributed by atoms with Gasteiger partial charge in [-0.1, -0.05) is 36.4 Å². The van der Waals surface area contributed by atoms with Crippen LogP contribution in [-0.4, -0.2) is 19.3 Å². The second kappa shape index (κ2) is 6.96. The van der Waals surface area contributed by atoms with E-state index in [0.29, 0.717) is 5.75 Å². The highest BCUT2D eigenvalue weighted by atomic mass is 16.5. The van der Waals surface area contributed by atoms with E-state index in [4.69, 9.17) is 9.47 Å². The third-order valence-electron chi connectivity index (χ3n) is 3.42. The van der Waals surface area contributed by atoms with E-state index in [-0.39, 0.29) is 6.61 Å². The molecule has 2 aromatic carbocycles. The molecular formula is C17H20O3. The first-order chi connectivity index (χ1) is 9.80. The Morgan fingerprint density at radius 2 is 1.65 bits per heavy atom. The van der Waals surface area contributed by atoms with Crippen molar-refractivity contribution in [2.45, 2.75) is 19.4 Å². The van der Waals surface area contributed by atoms with Crippen molar-refractivity contribution in [3.8, 4) is 11.5 Å². The maximum Gasteiger partial charge on any atom is 0.164 e. The van der Waals surface area contributed by atoms with Crippen molar-refractivity contribution in [2.24, 2.45) is 0 Å². The van der Waals surface area contributed by atoms with Crippen LogP contribution >= 0.6 is 0 Å². The van der Waals surface area contributed by atoms with Crippen LogP contribution in [0.3, 0.4) is 0 Å². The Morgan fingerprint density at radius 1 is 0.900 bits per heavy atom. The summed E-state index contributed by atoms with van der Waals surface area (Å²) >= 11 is 0. The minimum absolute atomic E-state index is 0.00444. The van der Waals surface area contributed by atoms with E-state index in [1.807, 2.05) is 30.3 Å². The zero-order valence-electron chi connectivity index (χ0n) is 11.9. The van der Waals surface area contributed by atoms with E-state index < -0.39 is 0 Å². The van der Waals surface area contributed by atoms with Gasteiger partial charge in [-0.05, 0) is 30.0 Å². The van der Waals surface area contributed by atoms with Crippen LogP contribution < -0.4 is 9.47 Å². The predicted molar refractivity (Wildman–Crippen MR) is 79.3 cm³/mol. The molecule has 0 aliphatic heterocycles. The Morgan fingerprint density at radius 3 is 2.25 bits per heavy atom. The maximum absolute atomic E-state index is 9.50. The molecule has 2 rings (SSSR count). The highest BCUT2D eigenvalue weighted by Crippen LogP contribution is 2.34. The van der Waals surface area contributed by atoms with Crippen molar-refractivity contribution in [1.82, 2.24) is 0 Å². The number of aliphatic hydroxyl groups is 1. The highest BCUT2D eigenvalue weighted by molar-refractivity contribution is 5.51. The lowest BCUT2D eigenvalue weighted by Crippen LogP contribution is -2.03. The molecule has 20 heavy (non-hydrogen) atoms. The summed E-state index contributed by atoms with van der Waals surface area (Å²) < 4.78 is 10.8. The number of methoxy groups -OCH3 is 2. The van der Waals surface area contributed by atoms with E-state index in [9.17, 15) is 5.11 Å². The van der Waals surface area contributed by atoms with E-state index in [0.717, 1.165) is 29.7 Å². The molecule has 106 valence electrons. The van der Waals surface area contributed by atoms with Gasteiger partial charge in [0.05, 0.1) is 20.8 Å². The summed E-state index contributed by atoms with van der Waals surface area (Å²) in [6.45, 7) is 0.00444. The minimum Gasteiger partial charge on any atom is -0.493 e. The molecular weight excluding hydrogens is 252 g/mol. The van der Waals surface area contributed by atoms with Gasteiger partial charge in [0.15, 0.2) is 11.5 Å². The maximum atomic E-state index is 9.50. The molecule has 0 unspecified atom stereocenters. The van der Waals surface area contributed by atoms with E-state index >= 15 is 0 Å². The molecule has 3 nitrogen and oxygen atoms in total. The number of hydrogen-bond acceptors (Lipinski definition) is 3. The zero-order chi connectivity index (χ0) is 14.4. The van der Waals surface area contributed by atoms with E-state index in [2.05, 4.69) is 12.1 Å². The SMILES string of the molecule is COc1ccc(CO)c(CCc2ccccc2)c1OC. The Balaban J connectivity index is 2.28. The average Bonchev–Trinajstić information content (AvgIpc) is 2.52. The molecule has 0 aromatic heterocycles. The summed E-state index contributed by atoms with van der Waals surface area (Å²) in [5.74, 6) is 1.42. The van der Waals surface area contributed by atoms with Gasteiger partial charge < -0.3 is 14.6 Å². The first-order valence-corrected chi connectivity index (χ1v) is 6.67. The lowest BCUT2D eigenvalue weighted by Gasteiger charge is -2.16. The molecule has 3 heteroatoms. The predicted octanol–water partition coefficient (Wildman–Crippen LogP) is 2.98. The number of aliphatic hydroxyl groups excluding tert-OH is 1. The van der Waals surface area contributed by atoms with Crippen LogP contribution in [0.5, 0.6) is 11.5 Å². The van der Waals surface area contributed by atoms with Gasteiger partial charge >= 0.3 is 0 Å². The molecule has 2 aromatic rings. The molecule has 0 aliphatic rings. The van der Waals surface area contributed by atoms with Crippen LogP contribution in [0.4, 0.5) is 0 Å². The summed E-state index contributed by atoms with van der Waals surface area (Å²) in [7, 11) is 3.25. The van der Waals surface area contributed by atoms with Gasteiger partial charge in [-0.15, -0.1) is 0 Å². The Labute approximate surface area is 119 Å². The van der Waals surface area contributed by atoms with Crippen molar-refractivity contribution < 1.29 is 14.6 Å². The van der Waals surface area contributed by atoms with Crippen LogP contribution in [-0.2, 0) is 19.4 Å². The smallest absolute Gasteiger partial charge is 0.164 e. The molecule has 0 saturated carbocycles. The van der Waals surface area contributed by atoms with Gasteiger partial charge in [0, 0.05) is 5.56 Å². The van der Waals surface area contributed by atoms with Crippen molar-refractivity contribution in [3.05, 3.63) is 59.2 Å². The van der Waals surface area contributed by atoms with Gasteiger partial charge in [-0.2, -0.15) is 0 Å². The second-order valence-electron chi connectivity index (χ2n) is 4.58. The Hall–Kier alpha value is -2.00. The van der Waals surface area contributed by atoms with Gasteiger partial charge in [-0.3, -0.25) is 0 Å². The summed E-state index contributed by atoms with van der Waals surface area (Å²) in [4.78, 5) is 0. The van der Waals surface area contributed by atoms with E-state index in [1.165, 1.54) is 5.56 Å². The summed E-state index contributed by atoms with van der Waals surface area (Å²) in [5, 5.41) is 9.50. The Kier molecular flexibility index (Phi) is 5.02. The van der Waals surface area contributed by atoms with Gasteiger partial charge in [0.25, 0.3) is 0 Å². The monoisotopic (exact) mass is 272 g/mol. The molecule has 0 fully saturated rings. The lowest BCUT2D eigenvalue weighted by molar-refractivity contribution is 0.278. The molecule has 0 bridgehead atoms.